The number of hydrogen-bond donors (Lipinski definition) is 0. The number of oxazole rings is 1. The molecule has 0 saturated carbocycles. The first-order chi connectivity index (χ1) is 22.3. The summed E-state index contributed by atoms with van der Waals surface area (Å²) < 4.78 is 8.83. The molecule has 0 amide bonds. The van der Waals surface area contributed by atoms with E-state index in [4.69, 9.17) is 9.40 Å². The molecular formula is C41H26N2OS. The second kappa shape index (κ2) is 10.5. The van der Waals surface area contributed by atoms with E-state index in [9.17, 15) is 0 Å². The van der Waals surface area contributed by atoms with E-state index in [2.05, 4.69) is 126 Å². The summed E-state index contributed by atoms with van der Waals surface area (Å²) >= 11 is 1.85. The van der Waals surface area contributed by atoms with Gasteiger partial charge in [0, 0.05) is 48.2 Å². The fourth-order valence-corrected chi connectivity index (χ4v) is 7.51. The van der Waals surface area contributed by atoms with Gasteiger partial charge in [-0.15, -0.1) is 11.3 Å². The van der Waals surface area contributed by atoms with Crippen molar-refractivity contribution in [3.8, 4) is 22.6 Å². The maximum atomic E-state index is 6.23. The SMILES string of the molecule is c1ccc(-c2nc3c(ccc4cccc(-c5ccc(N(c6ccccc6)c6ccc7c(c6)sc6ccccc67)cc5)c43)o2)cc1. The van der Waals surface area contributed by atoms with Gasteiger partial charge in [0.05, 0.1) is 0 Å². The highest BCUT2D eigenvalue weighted by Gasteiger charge is 2.17. The molecule has 0 saturated heterocycles. The van der Waals surface area contributed by atoms with E-state index in [-0.39, 0.29) is 0 Å². The molecular weight excluding hydrogens is 569 g/mol. The van der Waals surface area contributed by atoms with Gasteiger partial charge in [-0.2, -0.15) is 0 Å². The summed E-state index contributed by atoms with van der Waals surface area (Å²) in [6.45, 7) is 0. The second-order valence-electron chi connectivity index (χ2n) is 11.2. The Bertz CT molecular complexity index is 2480. The monoisotopic (exact) mass is 594 g/mol. The predicted molar refractivity (Wildman–Crippen MR) is 190 cm³/mol. The van der Waals surface area contributed by atoms with Crippen LogP contribution < -0.4 is 4.90 Å². The number of aromatic nitrogens is 1. The van der Waals surface area contributed by atoms with Crippen LogP contribution in [-0.2, 0) is 0 Å². The Morgan fingerprint density at radius 3 is 2.07 bits per heavy atom. The summed E-state index contributed by atoms with van der Waals surface area (Å²) in [6.07, 6.45) is 0. The average Bonchev–Trinajstić information content (AvgIpc) is 3.71. The molecule has 0 fully saturated rings. The van der Waals surface area contributed by atoms with Gasteiger partial charge < -0.3 is 9.32 Å². The zero-order valence-corrected chi connectivity index (χ0v) is 25.0. The molecule has 2 aromatic heterocycles. The maximum absolute atomic E-state index is 6.23. The van der Waals surface area contributed by atoms with Crippen LogP contribution in [0.2, 0.25) is 0 Å². The first kappa shape index (κ1) is 25.8. The number of rotatable bonds is 5. The van der Waals surface area contributed by atoms with Crippen molar-refractivity contribution in [3.05, 3.63) is 158 Å². The van der Waals surface area contributed by atoms with Crippen molar-refractivity contribution in [2.45, 2.75) is 0 Å². The zero-order valence-electron chi connectivity index (χ0n) is 24.2. The van der Waals surface area contributed by atoms with E-state index in [1.165, 1.54) is 20.2 Å². The Morgan fingerprint density at radius 1 is 0.511 bits per heavy atom. The topological polar surface area (TPSA) is 29.3 Å². The highest BCUT2D eigenvalue weighted by molar-refractivity contribution is 7.25. The molecule has 0 bridgehead atoms. The molecule has 9 aromatic rings. The molecule has 0 spiro atoms. The molecule has 4 heteroatoms. The molecule has 3 nitrogen and oxygen atoms in total. The fourth-order valence-electron chi connectivity index (χ4n) is 6.38. The van der Waals surface area contributed by atoms with Gasteiger partial charge in [-0.3, -0.25) is 0 Å². The molecule has 0 aliphatic heterocycles. The lowest BCUT2D eigenvalue weighted by Crippen LogP contribution is -2.09. The minimum absolute atomic E-state index is 0.636. The summed E-state index contributed by atoms with van der Waals surface area (Å²) in [5, 5.41) is 4.85. The molecule has 9 rings (SSSR count). The lowest BCUT2D eigenvalue weighted by atomic mass is 9.97. The number of hydrogen-bond acceptors (Lipinski definition) is 4. The minimum atomic E-state index is 0.636. The lowest BCUT2D eigenvalue weighted by Gasteiger charge is -2.25. The van der Waals surface area contributed by atoms with Crippen molar-refractivity contribution >= 4 is 70.4 Å². The average molecular weight is 595 g/mol. The van der Waals surface area contributed by atoms with Crippen molar-refractivity contribution < 1.29 is 4.42 Å². The highest BCUT2D eigenvalue weighted by Crippen LogP contribution is 2.42. The van der Waals surface area contributed by atoms with Gasteiger partial charge in [0.25, 0.3) is 0 Å². The molecule has 7 aromatic carbocycles. The Balaban J connectivity index is 1.16. The zero-order chi connectivity index (χ0) is 29.7. The molecule has 0 radical (unpaired) electrons. The molecule has 0 atom stereocenters. The molecule has 0 aliphatic rings. The summed E-state index contributed by atoms with van der Waals surface area (Å²) in [4.78, 5) is 7.32. The molecule has 212 valence electrons. The van der Waals surface area contributed by atoms with Gasteiger partial charge in [-0.25, -0.2) is 4.98 Å². The van der Waals surface area contributed by atoms with Crippen LogP contribution in [0.25, 0.3) is 64.6 Å². The van der Waals surface area contributed by atoms with Gasteiger partial charge in [-0.05, 0) is 77.2 Å². The van der Waals surface area contributed by atoms with E-state index < -0.39 is 0 Å². The Kier molecular flexibility index (Phi) is 6.00. The highest BCUT2D eigenvalue weighted by atomic mass is 32.1. The molecule has 0 N–H and O–H groups in total. The number of para-hydroxylation sites is 1. The Labute approximate surface area is 264 Å². The van der Waals surface area contributed by atoms with Crippen LogP contribution in [0.15, 0.2) is 162 Å². The van der Waals surface area contributed by atoms with E-state index in [0.717, 1.165) is 55.6 Å². The number of fused-ring (bicyclic) bond motifs is 6. The third kappa shape index (κ3) is 4.38. The first-order valence-corrected chi connectivity index (χ1v) is 15.9. The largest absolute Gasteiger partial charge is 0.436 e. The van der Waals surface area contributed by atoms with E-state index in [1.54, 1.807) is 0 Å². The minimum Gasteiger partial charge on any atom is -0.436 e. The summed E-state index contributed by atoms with van der Waals surface area (Å²) in [5.74, 6) is 0.636. The van der Waals surface area contributed by atoms with Crippen LogP contribution in [-0.4, -0.2) is 4.98 Å². The molecule has 45 heavy (non-hydrogen) atoms. The third-order valence-electron chi connectivity index (χ3n) is 8.49. The molecule has 2 heterocycles. The summed E-state index contributed by atoms with van der Waals surface area (Å²) in [5.41, 5.74) is 8.27. The van der Waals surface area contributed by atoms with Crippen LogP contribution >= 0.6 is 11.3 Å². The lowest BCUT2D eigenvalue weighted by molar-refractivity contribution is 0.620. The normalized spacial score (nSPS) is 11.6. The summed E-state index contributed by atoms with van der Waals surface area (Å²) in [6, 6.07) is 55.6. The van der Waals surface area contributed by atoms with Crippen LogP contribution in [0.3, 0.4) is 0 Å². The standard InChI is InChI=1S/C41H26N2OS/c1-3-10-29(11-4-1)41-42-40-36(44-41)25-20-28-12-9-16-33(39(28)40)27-18-21-31(22-19-27)43(30-13-5-2-6-14-30)32-23-24-35-34-15-7-8-17-37(34)45-38(35)26-32/h1-26H. The Morgan fingerprint density at radius 2 is 1.22 bits per heavy atom. The number of nitrogens with zero attached hydrogens (tertiary/aromatic N) is 2. The van der Waals surface area contributed by atoms with Crippen molar-refractivity contribution in [1.29, 1.82) is 0 Å². The predicted octanol–water partition coefficient (Wildman–Crippen LogP) is 12.2. The molecule has 0 unspecified atom stereocenters. The van der Waals surface area contributed by atoms with Gasteiger partial charge in [0.1, 0.15) is 5.52 Å². The van der Waals surface area contributed by atoms with Crippen LogP contribution in [0, 0.1) is 0 Å². The quantitative estimate of drug-likeness (QED) is 0.198. The van der Waals surface area contributed by atoms with Gasteiger partial charge in [0.15, 0.2) is 5.58 Å². The number of thiophene rings is 1. The van der Waals surface area contributed by atoms with Crippen molar-refractivity contribution in [3.63, 3.8) is 0 Å². The smallest absolute Gasteiger partial charge is 0.227 e. The molecule has 0 aliphatic carbocycles. The Hall–Kier alpha value is -5.71. The van der Waals surface area contributed by atoms with Gasteiger partial charge in [-0.1, -0.05) is 97.1 Å². The van der Waals surface area contributed by atoms with Crippen molar-refractivity contribution in [2.24, 2.45) is 0 Å². The fraction of sp³-hybridized carbons (Fsp3) is 0. The number of benzene rings is 7. The first-order valence-electron chi connectivity index (χ1n) is 15.0. The van der Waals surface area contributed by atoms with Crippen LogP contribution in [0.4, 0.5) is 17.1 Å². The third-order valence-corrected chi connectivity index (χ3v) is 9.63. The van der Waals surface area contributed by atoms with Gasteiger partial charge >= 0.3 is 0 Å². The second-order valence-corrected chi connectivity index (χ2v) is 12.3. The number of anilines is 3. The van der Waals surface area contributed by atoms with E-state index in [1.807, 2.05) is 47.7 Å². The van der Waals surface area contributed by atoms with Crippen molar-refractivity contribution in [1.82, 2.24) is 4.98 Å². The maximum Gasteiger partial charge on any atom is 0.227 e. The van der Waals surface area contributed by atoms with Crippen LogP contribution in [0.1, 0.15) is 0 Å². The summed E-state index contributed by atoms with van der Waals surface area (Å²) in [7, 11) is 0. The van der Waals surface area contributed by atoms with E-state index in [0.29, 0.717) is 5.89 Å². The van der Waals surface area contributed by atoms with Gasteiger partial charge in [0.2, 0.25) is 5.89 Å². The van der Waals surface area contributed by atoms with Crippen molar-refractivity contribution in [2.75, 3.05) is 4.90 Å². The van der Waals surface area contributed by atoms with Crippen LogP contribution in [0.5, 0.6) is 0 Å². The van der Waals surface area contributed by atoms with E-state index >= 15 is 0 Å².